The van der Waals surface area contributed by atoms with Crippen LogP contribution in [0.25, 0.3) is 11.1 Å². The number of benzene rings is 2. The fourth-order valence-corrected chi connectivity index (χ4v) is 11.4. The molecular formula is C34H32O4. The van der Waals surface area contributed by atoms with Gasteiger partial charge in [-0.1, -0.05) is 84.0 Å². The van der Waals surface area contributed by atoms with Crippen molar-refractivity contribution in [2.24, 2.45) is 58.2 Å². The molecule has 2 unspecified atom stereocenters. The van der Waals surface area contributed by atoms with Gasteiger partial charge in [0.1, 0.15) is 0 Å². The minimum atomic E-state index is -0.844. The molecule has 7 aliphatic rings. The summed E-state index contributed by atoms with van der Waals surface area (Å²) in [7, 11) is 2.98. The number of ether oxygens (including phenoxy) is 2. The van der Waals surface area contributed by atoms with Gasteiger partial charge < -0.3 is 9.47 Å². The molecular weight excluding hydrogens is 472 g/mol. The Kier molecular flexibility index (Phi) is 4.26. The average Bonchev–Trinajstić information content (AvgIpc) is 3.76. The minimum absolute atomic E-state index is 0.0547. The van der Waals surface area contributed by atoms with Gasteiger partial charge in [0.25, 0.3) is 0 Å². The van der Waals surface area contributed by atoms with Gasteiger partial charge in [-0.25, -0.2) is 0 Å². The zero-order valence-electron chi connectivity index (χ0n) is 22.2. The Balaban J connectivity index is 1.43. The molecule has 5 fully saturated rings. The highest BCUT2D eigenvalue weighted by atomic mass is 16.5. The van der Waals surface area contributed by atoms with E-state index in [9.17, 15) is 9.59 Å². The van der Waals surface area contributed by atoms with Gasteiger partial charge in [-0.2, -0.15) is 0 Å². The van der Waals surface area contributed by atoms with Crippen molar-refractivity contribution in [2.75, 3.05) is 14.2 Å². The summed E-state index contributed by atoms with van der Waals surface area (Å²) in [6.07, 6.45) is 4.46. The smallest absolute Gasteiger partial charge is 0.313 e. The van der Waals surface area contributed by atoms with Crippen LogP contribution in [0.15, 0.2) is 84.0 Å². The fourth-order valence-electron chi connectivity index (χ4n) is 11.4. The third kappa shape index (κ3) is 2.03. The van der Waals surface area contributed by atoms with Crippen LogP contribution >= 0.6 is 0 Å². The number of rotatable bonds is 4. The van der Waals surface area contributed by atoms with Crippen LogP contribution in [0.3, 0.4) is 0 Å². The van der Waals surface area contributed by atoms with Crippen LogP contribution in [-0.2, 0) is 19.1 Å². The first-order chi connectivity index (χ1) is 18.5. The molecule has 7 aliphatic carbocycles. The van der Waals surface area contributed by atoms with Gasteiger partial charge in [-0.15, -0.1) is 0 Å². The summed E-state index contributed by atoms with van der Waals surface area (Å²) in [6.45, 7) is 4.57. The number of carbonyl (C=O) groups is 2. The molecule has 0 saturated heterocycles. The van der Waals surface area contributed by atoms with Gasteiger partial charge in [0.2, 0.25) is 0 Å². The number of carbonyl (C=O) groups excluding carboxylic acids is 2. The van der Waals surface area contributed by atoms with Crippen molar-refractivity contribution < 1.29 is 19.1 Å². The van der Waals surface area contributed by atoms with Crippen LogP contribution in [0.2, 0.25) is 0 Å². The molecule has 5 saturated carbocycles. The highest BCUT2D eigenvalue weighted by Gasteiger charge is 2.98. The predicted octanol–water partition coefficient (Wildman–Crippen LogP) is 5.82. The monoisotopic (exact) mass is 504 g/mol. The van der Waals surface area contributed by atoms with Crippen LogP contribution in [0.1, 0.15) is 25.0 Å². The number of allylic oxidation sites excluding steroid dienone is 6. The van der Waals surface area contributed by atoms with Gasteiger partial charge in [-0.3, -0.25) is 9.59 Å². The van der Waals surface area contributed by atoms with Crippen LogP contribution < -0.4 is 0 Å². The Morgan fingerprint density at radius 1 is 0.632 bits per heavy atom. The van der Waals surface area contributed by atoms with Crippen LogP contribution in [0.5, 0.6) is 0 Å². The molecule has 192 valence electrons. The molecule has 8 bridgehead atoms. The molecule has 0 aliphatic heterocycles. The van der Waals surface area contributed by atoms with Crippen molar-refractivity contribution in [3.8, 4) is 0 Å². The summed E-state index contributed by atoms with van der Waals surface area (Å²) in [5.74, 6) is 0.870. The zero-order valence-corrected chi connectivity index (χ0v) is 22.2. The Hall–Kier alpha value is -3.40. The molecule has 0 spiro atoms. The van der Waals surface area contributed by atoms with Gasteiger partial charge in [0, 0.05) is 0 Å². The maximum Gasteiger partial charge on any atom is 0.313 e. The van der Waals surface area contributed by atoms with Crippen molar-refractivity contribution in [1.82, 2.24) is 0 Å². The van der Waals surface area contributed by atoms with E-state index in [0.717, 1.165) is 0 Å². The van der Waals surface area contributed by atoms with Gasteiger partial charge >= 0.3 is 11.9 Å². The summed E-state index contributed by atoms with van der Waals surface area (Å²) in [4.78, 5) is 28.1. The Morgan fingerprint density at radius 2 is 1.03 bits per heavy atom. The van der Waals surface area contributed by atoms with E-state index >= 15 is 0 Å². The average molecular weight is 505 g/mol. The Morgan fingerprint density at radius 3 is 1.39 bits per heavy atom. The lowest BCUT2D eigenvalue weighted by atomic mass is 9.45. The number of hydrogen-bond acceptors (Lipinski definition) is 4. The molecule has 4 nitrogen and oxygen atoms in total. The molecule has 0 amide bonds. The van der Waals surface area contributed by atoms with E-state index < -0.39 is 10.8 Å². The van der Waals surface area contributed by atoms with Crippen LogP contribution in [0, 0.1) is 58.2 Å². The quantitative estimate of drug-likeness (QED) is 0.389. The SMILES string of the molecule is COC(=O)[C@]12[C@H]3C=C[C@H]4C3C3[C@H]1[C@H]1C(C)=C(c5ccccc5)C(c5ccccc5)=C(C)[C@@H]1[C@H]3[C@@]42C(=O)OC. The summed E-state index contributed by atoms with van der Waals surface area (Å²) < 4.78 is 11.2. The molecule has 2 aromatic rings. The summed E-state index contributed by atoms with van der Waals surface area (Å²) >= 11 is 0. The van der Waals surface area contributed by atoms with E-state index in [1.54, 1.807) is 0 Å². The number of fused-ring (bicyclic) bond motifs is 1. The maximum atomic E-state index is 14.0. The minimum Gasteiger partial charge on any atom is -0.469 e. The second-order valence-electron chi connectivity index (χ2n) is 12.3. The maximum absolute atomic E-state index is 14.0. The zero-order chi connectivity index (χ0) is 26.1. The third-order valence-corrected chi connectivity index (χ3v) is 11.8. The molecule has 0 aromatic heterocycles. The van der Waals surface area contributed by atoms with Crippen molar-refractivity contribution in [2.45, 2.75) is 13.8 Å². The number of methoxy groups -OCH3 is 2. The van der Waals surface area contributed by atoms with E-state index in [-0.39, 0.29) is 47.4 Å². The number of esters is 2. The predicted molar refractivity (Wildman–Crippen MR) is 144 cm³/mol. The molecule has 9 rings (SSSR count). The molecule has 0 radical (unpaired) electrons. The van der Waals surface area contributed by atoms with Gasteiger partial charge in [-0.05, 0) is 83.5 Å². The first kappa shape index (κ1) is 22.6. The normalized spacial score (nSPS) is 42.3. The van der Waals surface area contributed by atoms with E-state index in [0.29, 0.717) is 11.8 Å². The van der Waals surface area contributed by atoms with E-state index in [1.165, 1.54) is 47.6 Å². The second-order valence-corrected chi connectivity index (χ2v) is 12.3. The van der Waals surface area contributed by atoms with Crippen molar-refractivity contribution in [1.29, 1.82) is 0 Å². The number of hydrogen-bond donors (Lipinski definition) is 0. The third-order valence-electron chi connectivity index (χ3n) is 11.8. The highest BCUT2D eigenvalue weighted by molar-refractivity contribution is 6.09. The van der Waals surface area contributed by atoms with E-state index in [1.807, 2.05) is 0 Å². The van der Waals surface area contributed by atoms with E-state index in [2.05, 4.69) is 86.7 Å². The highest BCUT2D eigenvalue weighted by Crippen LogP contribution is 2.94. The molecule has 38 heavy (non-hydrogen) atoms. The van der Waals surface area contributed by atoms with Gasteiger partial charge in [0.15, 0.2) is 0 Å². The molecule has 0 heterocycles. The molecule has 4 heteroatoms. The Labute approximate surface area is 223 Å². The standard InChI is InChI=1S/C34H32O4/c1-17-23(19-11-7-5-8-12-19)24(20-13-9-6-10-14-20)18(2)26-25(17)29-28-27-21-15-16-22(27)34(30(26)28,32(36)38-4)33(21,29)31(35)37-3/h5-16,21-22,25-30H,1-4H3/t21-,22-,25-,26-,27?,28?,29+,30+,33-,34+/m0/s1. The molecule has 2 aromatic carbocycles. The fraction of sp³-hybridized carbons (Fsp3) is 0.412. The van der Waals surface area contributed by atoms with Gasteiger partial charge in [0.05, 0.1) is 25.0 Å². The lowest BCUT2D eigenvalue weighted by Gasteiger charge is -2.56. The van der Waals surface area contributed by atoms with Crippen molar-refractivity contribution in [3.63, 3.8) is 0 Å². The second kappa shape index (κ2) is 7.16. The lowest BCUT2D eigenvalue weighted by molar-refractivity contribution is -0.192. The summed E-state index contributed by atoms with van der Waals surface area (Å²) in [5, 5.41) is 0. The van der Waals surface area contributed by atoms with E-state index in [4.69, 9.17) is 9.47 Å². The van der Waals surface area contributed by atoms with Crippen molar-refractivity contribution in [3.05, 3.63) is 95.1 Å². The van der Waals surface area contributed by atoms with Crippen molar-refractivity contribution >= 4 is 23.1 Å². The summed E-state index contributed by atoms with van der Waals surface area (Å²) in [5.41, 5.74) is 5.98. The largest absolute Gasteiger partial charge is 0.469 e. The van der Waals surface area contributed by atoms with Crippen LogP contribution in [0.4, 0.5) is 0 Å². The molecule has 10 atom stereocenters. The van der Waals surface area contributed by atoms with Crippen LogP contribution in [-0.4, -0.2) is 26.2 Å². The Bertz CT molecular complexity index is 1390. The lowest BCUT2D eigenvalue weighted by Crippen LogP contribution is -2.63. The first-order valence-corrected chi connectivity index (χ1v) is 13.9. The first-order valence-electron chi connectivity index (χ1n) is 13.9. The molecule has 0 N–H and O–H groups in total. The summed E-state index contributed by atoms with van der Waals surface area (Å²) in [6, 6.07) is 21.3. The topological polar surface area (TPSA) is 52.6 Å².